The molecule has 0 unspecified atom stereocenters. The second kappa shape index (κ2) is 10.9. The molecule has 0 aliphatic carbocycles. The molecule has 3 rings (SSSR count). The topological polar surface area (TPSA) is 124 Å². The highest BCUT2D eigenvalue weighted by Crippen LogP contribution is 2.29. The van der Waals surface area contributed by atoms with Gasteiger partial charge in [-0.05, 0) is 81.0 Å². The Morgan fingerprint density at radius 2 is 1.74 bits per heavy atom. The molecule has 10 heteroatoms. The van der Waals surface area contributed by atoms with Gasteiger partial charge >= 0.3 is 5.97 Å². The van der Waals surface area contributed by atoms with E-state index in [-0.39, 0.29) is 24.5 Å². The molecule has 1 N–H and O–H groups in total. The molecule has 0 aliphatic rings. The molecule has 3 aromatic rings. The Kier molecular flexibility index (Phi) is 8.16. The predicted octanol–water partition coefficient (Wildman–Crippen LogP) is 3.52. The minimum Gasteiger partial charge on any atom is -0.466 e. The Hall–Kier alpha value is -3.11. The second-order valence-corrected chi connectivity index (χ2v) is 9.88. The van der Waals surface area contributed by atoms with Gasteiger partial charge < -0.3 is 9.26 Å². The third-order valence-electron chi connectivity index (χ3n) is 6.01. The van der Waals surface area contributed by atoms with Crippen molar-refractivity contribution in [2.24, 2.45) is 0 Å². The zero-order valence-electron chi connectivity index (χ0n) is 20.1. The number of carbonyl (C=O) groups excluding carboxylic acids is 1. The van der Waals surface area contributed by atoms with Crippen LogP contribution in [0.4, 0.5) is 0 Å². The van der Waals surface area contributed by atoms with Crippen LogP contribution >= 0.6 is 0 Å². The van der Waals surface area contributed by atoms with Crippen molar-refractivity contribution in [3.63, 3.8) is 0 Å². The Morgan fingerprint density at radius 1 is 1.06 bits per heavy atom. The molecule has 1 aromatic carbocycles. The lowest BCUT2D eigenvalue weighted by atomic mass is 9.95. The summed E-state index contributed by atoms with van der Waals surface area (Å²) in [6.45, 7) is 9.57. The number of hydrogen-bond acceptors (Lipinski definition) is 8. The summed E-state index contributed by atoms with van der Waals surface area (Å²) in [5, 5.41) is 3.92. The zero-order chi connectivity index (χ0) is 24.9. The molecule has 0 bridgehead atoms. The van der Waals surface area contributed by atoms with Crippen molar-refractivity contribution in [3.8, 4) is 11.4 Å². The minimum absolute atomic E-state index is 0.0376. The Morgan fingerprint density at radius 3 is 2.38 bits per heavy atom. The third kappa shape index (κ3) is 5.87. The summed E-state index contributed by atoms with van der Waals surface area (Å²) in [4.78, 5) is 20.6. The average Bonchev–Trinajstić information content (AvgIpc) is 3.28. The lowest BCUT2D eigenvalue weighted by Gasteiger charge is -2.19. The van der Waals surface area contributed by atoms with Crippen LogP contribution in [-0.4, -0.2) is 42.7 Å². The number of esters is 1. The van der Waals surface area contributed by atoms with Crippen molar-refractivity contribution in [2.45, 2.75) is 58.8 Å². The molecule has 0 radical (unpaired) electrons. The van der Waals surface area contributed by atoms with Crippen LogP contribution in [0.25, 0.3) is 11.4 Å². The number of hydrogen-bond donors (Lipinski definition) is 1. The number of pyridine rings is 1. The summed E-state index contributed by atoms with van der Waals surface area (Å²) in [7, 11) is -3.75. The Labute approximate surface area is 200 Å². The molecule has 0 aliphatic heterocycles. The van der Waals surface area contributed by atoms with Crippen molar-refractivity contribution in [1.29, 1.82) is 0 Å². The molecule has 0 saturated heterocycles. The van der Waals surface area contributed by atoms with Crippen molar-refractivity contribution < 1.29 is 22.5 Å². The zero-order valence-corrected chi connectivity index (χ0v) is 21.0. The lowest BCUT2D eigenvalue weighted by Crippen LogP contribution is -2.28. The first-order valence-electron chi connectivity index (χ1n) is 11.1. The first-order chi connectivity index (χ1) is 16.1. The van der Waals surface area contributed by atoms with Crippen LogP contribution in [0.15, 0.2) is 33.9 Å². The normalized spacial score (nSPS) is 11.6. The second-order valence-electron chi connectivity index (χ2n) is 8.18. The van der Waals surface area contributed by atoms with Crippen molar-refractivity contribution in [1.82, 2.24) is 19.8 Å². The number of sulfonamides is 1. The van der Waals surface area contributed by atoms with Gasteiger partial charge in [-0.15, -0.1) is 0 Å². The first-order valence-corrected chi connectivity index (χ1v) is 12.6. The largest absolute Gasteiger partial charge is 0.466 e. The fourth-order valence-electron chi connectivity index (χ4n) is 3.68. The first kappa shape index (κ1) is 25.5. The molecule has 0 spiro atoms. The van der Waals surface area contributed by atoms with Gasteiger partial charge in [-0.25, -0.2) is 13.1 Å². The van der Waals surface area contributed by atoms with Crippen molar-refractivity contribution in [3.05, 3.63) is 58.2 Å². The van der Waals surface area contributed by atoms with Gasteiger partial charge in [0.15, 0.2) is 0 Å². The van der Waals surface area contributed by atoms with Gasteiger partial charge in [0.05, 0.1) is 17.9 Å². The van der Waals surface area contributed by atoms with Gasteiger partial charge in [-0.1, -0.05) is 5.16 Å². The van der Waals surface area contributed by atoms with E-state index in [1.807, 2.05) is 26.8 Å². The lowest BCUT2D eigenvalue weighted by molar-refractivity contribution is -0.143. The van der Waals surface area contributed by atoms with E-state index < -0.39 is 16.0 Å². The number of aryl methyl sites for hydroxylation is 1. The quantitative estimate of drug-likeness (QED) is 0.341. The van der Waals surface area contributed by atoms with E-state index >= 15 is 0 Å². The van der Waals surface area contributed by atoms with Gasteiger partial charge in [-0.3, -0.25) is 9.78 Å². The Balaban J connectivity index is 1.44. The fourth-order valence-corrected chi connectivity index (χ4v) is 5.31. The average molecular weight is 487 g/mol. The SMILES string of the molecule is Cc1c(C)c(C)c(S(=O)(=O)NCCC(=O)OCCCc2nc(-c3cccnc3)no2)c(C)c1C. The van der Waals surface area contributed by atoms with Crippen molar-refractivity contribution in [2.75, 3.05) is 13.2 Å². The molecule has 0 saturated carbocycles. The number of aromatic nitrogens is 3. The Bertz CT molecular complexity index is 1240. The van der Waals surface area contributed by atoms with Crippen LogP contribution in [-0.2, 0) is 26.0 Å². The summed E-state index contributed by atoms with van der Waals surface area (Å²) < 4.78 is 38.7. The highest BCUT2D eigenvalue weighted by atomic mass is 32.2. The summed E-state index contributed by atoms with van der Waals surface area (Å²) in [6, 6.07) is 3.62. The molecule has 2 heterocycles. The number of rotatable bonds is 10. The van der Waals surface area contributed by atoms with E-state index in [0.717, 1.165) is 33.4 Å². The van der Waals surface area contributed by atoms with Gasteiger partial charge in [-0.2, -0.15) is 4.98 Å². The van der Waals surface area contributed by atoms with E-state index in [0.29, 0.717) is 24.6 Å². The predicted molar refractivity (Wildman–Crippen MR) is 127 cm³/mol. The summed E-state index contributed by atoms with van der Waals surface area (Å²) in [5.41, 5.74) is 5.21. The van der Waals surface area contributed by atoms with Crippen LogP contribution in [0.5, 0.6) is 0 Å². The van der Waals surface area contributed by atoms with Gasteiger partial charge in [0.2, 0.25) is 21.7 Å². The molecular weight excluding hydrogens is 456 g/mol. The molecule has 0 amide bonds. The number of benzene rings is 1. The number of carbonyl (C=O) groups is 1. The van der Waals surface area contributed by atoms with Crippen molar-refractivity contribution >= 4 is 16.0 Å². The molecule has 182 valence electrons. The van der Waals surface area contributed by atoms with E-state index in [1.165, 1.54) is 0 Å². The maximum atomic E-state index is 12.9. The van der Waals surface area contributed by atoms with Gasteiger partial charge in [0.1, 0.15) is 0 Å². The molecule has 2 aromatic heterocycles. The number of nitrogens with zero attached hydrogens (tertiary/aromatic N) is 3. The standard InChI is InChI=1S/C24H30N4O5S/c1-15-16(2)18(4)23(19(5)17(15)3)34(30,31)26-12-10-22(29)32-13-7-9-21-27-24(28-33-21)20-8-6-11-25-14-20/h6,8,11,14,26H,7,9-10,12-13H2,1-5H3. The summed E-state index contributed by atoms with van der Waals surface area (Å²) >= 11 is 0. The van der Waals surface area contributed by atoms with Crippen LogP contribution in [0, 0.1) is 34.6 Å². The summed E-state index contributed by atoms with van der Waals surface area (Å²) in [5.74, 6) is 0.419. The van der Waals surface area contributed by atoms with Gasteiger partial charge in [0.25, 0.3) is 0 Å². The highest BCUT2D eigenvalue weighted by Gasteiger charge is 2.23. The third-order valence-corrected chi connectivity index (χ3v) is 7.74. The highest BCUT2D eigenvalue weighted by molar-refractivity contribution is 7.89. The van der Waals surface area contributed by atoms with E-state index in [2.05, 4.69) is 19.8 Å². The van der Waals surface area contributed by atoms with Crippen LogP contribution in [0.3, 0.4) is 0 Å². The smallest absolute Gasteiger partial charge is 0.307 e. The monoisotopic (exact) mass is 486 g/mol. The van der Waals surface area contributed by atoms with E-state index in [1.54, 1.807) is 32.3 Å². The minimum atomic E-state index is -3.75. The molecule has 0 fully saturated rings. The number of nitrogens with one attached hydrogen (secondary N) is 1. The molecular formula is C24H30N4O5S. The number of ether oxygens (including phenoxy) is 1. The fraction of sp³-hybridized carbons (Fsp3) is 0.417. The molecule has 0 atom stereocenters. The molecule has 9 nitrogen and oxygen atoms in total. The summed E-state index contributed by atoms with van der Waals surface area (Å²) in [6.07, 6.45) is 4.21. The van der Waals surface area contributed by atoms with Crippen LogP contribution in [0.1, 0.15) is 46.5 Å². The van der Waals surface area contributed by atoms with Crippen LogP contribution in [0.2, 0.25) is 0 Å². The van der Waals surface area contributed by atoms with Crippen LogP contribution < -0.4 is 4.72 Å². The van der Waals surface area contributed by atoms with E-state index in [9.17, 15) is 13.2 Å². The van der Waals surface area contributed by atoms with Gasteiger partial charge in [0, 0.05) is 30.9 Å². The maximum absolute atomic E-state index is 12.9. The van der Waals surface area contributed by atoms with E-state index in [4.69, 9.17) is 9.26 Å². The molecule has 34 heavy (non-hydrogen) atoms. The maximum Gasteiger partial charge on any atom is 0.307 e.